The van der Waals surface area contributed by atoms with Crippen LogP contribution in [0.2, 0.25) is 0 Å². The molecular weight excluding hydrogens is 472 g/mol. The summed E-state index contributed by atoms with van der Waals surface area (Å²) in [4.78, 5) is 30.0. The van der Waals surface area contributed by atoms with Gasteiger partial charge in [-0.3, -0.25) is 4.90 Å². The number of rotatable bonds is 10. The molecule has 0 saturated carbocycles. The van der Waals surface area contributed by atoms with Crippen molar-refractivity contribution in [3.63, 3.8) is 0 Å². The van der Waals surface area contributed by atoms with Crippen LogP contribution in [0, 0.1) is 0 Å². The van der Waals surface area contributed by atoms with Gasteiger partial charge in [-0.2, -0.15) is 0 Å². The number of likely N-dealkylation sites (N-methyl/N-ethyl adjacent to an activating group) is 1. The number of aromatic nitrogens is 1. The van der Waals surface area contributed by atoms with Gasteiger partial charge in [0.05, 0.1) is 11.3 Å². The number of oxazole rings is 1. The lowest BCUT2D eigenvalue weighted by Crippen LogP contribution is -2.43. The first-order valence-electron chi connectivity index (χ1n) is 12.1. The second-order valence-corrected chi connectivity index (χ2v) is 9.14. The van der Waals surface area contributed by atoms with Crippen molar-refractivity contribution in [1.29, 1.82) is 0 Å². The molecule has 1 unspecified atom stereocenters. The molecule has 4 rings (SSSR count). The number of nitrogens with zero attached hydrogens (tertiary/aromatic N) is 2. The normalized spacial score (nSPS) is 17.6. The molecule has 0 aliphatic heterocycles. The predicted molar refractivity (Wildman–Crippen MR) is 137 cm³/mol. The molecule has 3 aromatic rings. The van der Waals surface area contributed by atoms with E-state index in [0.717, 1.165) is 27.3 Å². The Hall–Kier alpha value is -4.17. The van der Waals surface area contributed by atoms with Gasteiger partial charge in [0.25, 0.3) is 0 Å². The van der Waals surface area contributed by atoms with E-state index in [1.54, 1.807) is 18.4 Å². The van der Waals surface area contributed by atoms with E-state index in [1.807, 2.05) is 66.7 Å². The Morgan fingerprint density at radius 3 is 2.49 bits per heavy atom. The predicted octanol–water partition coefficient (Wildman–Crippen LogP) is 5.00. The monoisotopic (exact) mass is 502 g/mol. The van der Waals surface area contributed by atoms with Gasteiger partial charge in [0.15, 0.2) is 0 Å². The molecule has 1 aliphatic rings. The number of hydrogen-bond donors (Lipinski definition) is 2. The third kappa shape index (κ3) is 6.95. The molecule has 0 bridgehead atoms. The Bertz CT molecular complexity index is 1270. The topological polar surface area (TPSA) is 113 Å². The van der Waals surface area contributed by atoms with Gasteiger partial charge in [-0.15, -0.1) is 0 Å². The van der Waals surface area contributed by atoms with Crippen LogP contribution in [0.3, 0.4) is 0 Å². The first-order valence-corrected chi connectivity index (χ1v) is 12.1. The van der Waals surface area contributed by atoms with E-state index in [4.69, 9.17) is 9.15 Å². The Morgan fingerprint density at radius 1 is 1.14 bits per heavy atom. The molecule has 37 heavy (non-hydrogen) atoms. The third-order valence-electron chi connectivity index (χ3n) is 6.39. The second kappa shape index (κ2) is 11.7. The van der Waals surface area contributed by atoms with E-state index in [-0.39, 0.29) is 13.0 Å². The van der Waals surface area contributed by atoms with Gasteiger partial charge in [-0.05, 0) is 42.5 Å². The molecule has 8 heteroatoms. The van der Waals surface area contributed by atoms with Crippen LogP contribution < -0.4 is 0 Å². The van der Waals surface area contributed by atoms with Gasteiger partial charge in [-0.25, -0.2) is 14.6 Å². The smallest absolute Gasteiger partial charge is 0.410 e. The average molecular weight is 503 g/mol. The third-order valence-corrected chi connectivity index (χ3v) is 6.39. The molecule has 1 aliphatic carbocycles. The molecule has 192 valence electrons. The highest BCUT2D eigenvalue weighted by atomic mass is 16.6. The summed E-state index contributed by atoms with van der Waals surface area (Å²) in [5, 5.41) is 20.7. The van der Waals surface area contributed by atoms with Crippen molar-refractivity contribution in [3.05, 3.63) is 102 Å². The first kappa shape index (κ1) is 25.9. The number of amides is 1. The summed E-state index contributed by atoms with van der Waals surface area (Å²) in [6.45, 7) is 0.0599. The van der Waals surface area contributed by atoms with Crippen molar-refractivity contribution in [2.45, 2.75) is 43.9 Å². The summed E-state index contributed by atoms with van der Waals surface area (Å²) >= 11 is 0. The maximum absolute atomic E-state index is 12.5. The number of aliphatic hydroxyl groups is 1. The van der Waals surface area contributed by atoms with E-state index in [1.165, 1.54) is 7.05 Å². The summed E-state index contributed by atoms with van der Waals surface area (Å²) in [5.74, 6) is -0.593. The van der Waals surface area contributed by atoms with E-state index in [0.29, 0.717) is 25.2 Å². The molecule has 0 spiro atoms. The first-order chi connectivity index (χ1) is 17.8. The van der Waals surface area contributed by atoms with Crippen LogP contribution in [0.1, 0.15) is 30.5 Å². The van der Waals surface area contributed by atoms with Gasteiger partial charge in [-0.1, -0.05) is 66.8 Å². The van der Waals surface area contributed by atoms with Crippen molar-refractivity contribution in [1.82, 2.24) is 9.88 Å². The summed E-state index contributed by atoms with van der Waals surface area (Å²) in [6, 6.07) is 17.7. The molecule has 2 N–H and O–H groups in total. The van der Waals surface area contributed by atoms with E-state index in [2.05, 4.69) is 4.98 Å². The van der Waals surface area contributed by atoms with Crippen molar-refractivity contribution in [2.24, 2.45) is 0 Å². The summed E-state index contributed by atoms with van der Waals surface area (Å²) in [6.07, 6.45) is 7.50. The fourth-order valence-electron chi connectivity index (χ4n) is 4.08. The molecule has 8 nitrogen and oxygen atoms in total. The number of allylic oxidation sites excluding steroid dienone is 1. The molecule has 2 atom stereocenters. The van der Waals surface area contributed by atoms with Crippen LogP contribution in [-0.2, 0) is 22.6 Å². The molecular formula is C29H30N2O6. The van der Waals surface area contributed by atoms with Gasteiger partial charge in [0.1, 0.15) is 18.9 Å². The van der Waals surface area contributed by atoms with E-state index in [9.17, 15) is 19.8 Å². The highest BCUT2D eigenvalue weighted by molar-refractivity contribution is 5.80. The van der Waals surface area contributed by atoms with E-state index < -0.39 is 23.7 Å². The minimum absolute atomic E-state index is 0.0599. The molecule has 1 aromatic heterocycles. The zero-order valence-electron chi connectivity index (χ0n) is 20.6. The number of carbonyl (C=O) groups is 2. The standard InChI is InChI=1S/C29H30N2O6/c1-31(28(34)37-19-22-8-4-2-5-9-22)25(27(32)33)18-21-12-15-29(35,16-13-21)17-14-24-20-36-26(30-24)23-10-6-3-7-11-23/h2-13,15,20,25,35H,14,16-19H2,1H3,(H,32,33)/t25-,29?/m0/s1. The SMILES string of the molecule is CN(C(=O)OCc1ccccc1)[C@@H](CC1=CCC(O)(CCc2coc(-c3ccccc3)n2)C=C1)C(=O)O. The number of ether oxygens (including phenoxy) is 1. The number of carbonyl (C=O) groups excluding carboxylic acids is 1. The van der Waals surface area contributed by atoms with Gasteiger partial charge in [0, 0.05) is 19.0 Å². The lowest BCUT2D eigenvalue weighted by molar-refractivity contribution is -0.142. The lowest BCUT2D eigenvalue weighted by atomic mass is 9.86. The van der Waals surface area contributed by atoms with Gasteiger partial charge < -0.3 is 19.4 Å². The van der Waals surface area contributed by atoms with Crippen LogP contribution in [0.5, 0.6) is 0 Å². The van der Waals surface area contributed by atoms with Crippen molar-refractivity contribution in [3.8, 4) is 11.5 Å². The molecule has 1 amide bonds. The van der Waals surface area contributed by atoms with Crippen LogP contribution in [-0.4, -0.2) is 50.9 Å². The fourth-order valence-corrected chi connectivity index (χ4v) is 4.08. The number of aliphatic carboxylic acids is 1. The number of carboxylic acids is 1. The zero-order valence-corrected chi connectivity index (χ0v) is 20.6. The Labute approximate surface area is 215 Å². The minimum atomic E-state index is -1.13. The second-order valence-electron chi connectivity index (χ2n) is 9.14. The Balaban J connectivity index is 1.30. The van der Waals surface area contributed by atoms with Crippen LogP contribution in [0.4, 0.5) is 4.79 Å². The number of aryl methyl sites for hydroxylation is 1. The lowest BCUT2D eigenvalue weighted by Gasteiger charge is -2.29. The van der Waals surface area contributed by atoms with Crippen molar-refractivity contribution in [2.75, 3.05) is 7.05 Å². The van der Waals surface area contributed by atoms with Crippen LogP contribution in [0.25, 0.3) is 11.5 Å². The summed E-state index contributed by atoms with van der Waals surface area (Å²) < 4.78 is 10.8. The van der Waals surface area contributed by atoms with Crippen LogP contribution >= 0.6 is 0 Å². The van der Waals surface area contributed by atoms with E-state index >= 15 is 0 Å². The molecule has 1 heterocycles. The maximum Gasteiger partial charge on any atom is 0.410 e. The summed E-state index contributed by atoms with van der Waals surface area (Å²) in [7, 11) is 1.41. The Kier molecular flexibility index (Phi) is 8.20. The highest BCUT2D eigenvalue weighted by Crippen LogP contribution is 2.29. The number of benzene rings is 2. The number of hydrogen-bond acceptors (Lipinski definition) is 6. The van der Waals surface area contributed by atoms with Gasteiger partial charge in [0.2, 0.25) is 5.89 Å². The molecule has 0 radical (unpaired) electrons. The fraction of sp³-hybridized carbons (Fsp3) is 0.276. The van der Waals surface area contributed by atoms with Gasteiger partial charge >= 0.3 is 12.1 Å². The highest BCUT2D eigenvalue weighted by Gasteiger charge is 2.31. The molecule has 0 fully saturated rings. The quantitative estimate of drug-likeness (QED) is 0.401. The molecule has 0 saturated heterocycles. The molecule has 2 aromatic carbocycles. The number of carboxylic acid groups (broad SMARTS) is 1. The largest absolute Gasteiger partial charge is 0.480 e. The Morgan fingerprint density at radius 2 is 1.84 bits per heavy atom. The van der Waals surface area contributed by atoms with Crippen molar-refractivity contribution < 1.29 is 29.0 Å². The van der Waals surface area contributed by atoms with Crippen molar-refractivity contribution >= 4 is 12.1 Å². The summed E-state index contributed by atoms with van der Waals surface area (Å²) in [5.41, 5.74) is 2.11. The minimum Gasteiger partial charge on any atom is -0.480 e. The van der Waals surface area contributed by atoms with Crippen LogP contribution in [0.15, 0.2) is 95.1 Å². The average Bonchev–Trinajstić information content (AvgIpc) is 3.40. The zero-order chi connectivity index (χ0) is 26.3. The maximum atomic E-state index is 12.5.